The van der Waals surface area contributed by atoms with E-state index in [0.717, 1.165) is 19.4 Å². The zero-order chi connectivity index (χ0) is 14.6. The van der Waals surface area contributed by atoms with E-state index in [-0.39, 0.29) is 11.4 Å². The number of nitrogens with zero attached hydrogens (tertiary/aromatic N) is 1. The van der Waals surface area contributed by atoms with E-state index in [1.54, 1.807) is 0 Å². The summed E-state index contributed by atoms with van der Waals surface area (Å²) in [6.45, 7) is 11.2. The van der Waals surface area contributed by atoms with E-state index in [2.05, 4.69) is 29.4 Å². The average Bonchev–Trinajstić information content (AvgIpc) is 2.61. The van der Waals surface area contributed by atoms with Crippen LogP contribution in [0.1, 0.15) is 47.5 Å². The third kappa shape index (κ3) is 5.59. The Labute approximate surface area is 116 Å². The zero-order valence-electron chi connectivity index (χ0n) is 12.7. The fraction of sp³-hybridized carbons (Fsp3) is 0.857. The van der Waals surface area contributed by atoms with Gasteiger partial charge in [0.25, 0.3) is 0 Å². The second-order valence-corrected chi connectivity index (χ2v) is 6.68. The Bertz CT molecular complexity index is 334. The number of urea groups is 1. The Morgan fingerprint density at radius 2 is 1.95 bits per heavy atom. The van der Waals surface area contributed by atoms with Gasteiger partial charge in [-0.15, -0.1) is 0 Å². The van der Waals surface area contributed by atoms with Crippen molar-refractivity contribution in [1.82, 2.24) is 15.5 Å². The Balaban J connectivity index is 2.41. The molecule has 5 heteroatoms. The molecule has 0 bridgehead atoms. The van der Waals surface area contributed by atoms with Crippen LogP contribution in [0.15, 0.2) is 0 Å². The Hall–Kier alpha value is -1.10. The van der Waals surface area contributed by atoms with Crippen molar-refractivity contribution in [2.75, 3.05) is 13.1 Å². The molecule has 0 radical (unpaired) electrons. The summed E-state index contributed by atoms with van der Waals surface area (Å²) in [6, 6.07) is 0.0363. The number of hydrogen-bond acceptors (Lipinski definition) is 3. The molecular weight excluding hydrogens is 242 g/mol. The summed E-state index contributed by atoms with van der Waals surface area (Å²) < 4.78 is 0. The fourth-order valence-electron chi connectivity index (χ4n) is 2.53. The van der Waals surface area contributed by atoms with E-state index in [1.807, 2.05) is 20.8 Å². The molecule has 5 nitrogen and oxygen atoms in total. The number of carbonyl (C=O) groups excluding carboxylic acids is 2. The Kier molecular flexibility index (Phi) is 5.35. The van der Waals surface area contributed by atoms with Crippen molar-refractivity contribution in [2.24, 2.45) is 5.92 Å². The molecule has 1 atom stereocenters. The number of amides is 3. The second kappa shape index (κ2) is 6.37. The fourth-order valence-corrected chi connectivity index (χ4v) is 2.53. The van der Waals surface area contributed by atoms with Crippen LogP contribution in [0.2, 0.25) is 0 Å². The standard InChI is InChI=1S/C14H27N3O2/c1-10(2)11-7-6-8-17(11)9-12(18)15-13(19)16-14(3,4)5/h10-11H,6-9H2,1-5H3,(H2,15,16,18,19). The van der Waals surface area contributed by atoms with Gasteiger partial charge in [0.15, 0.2) is 0 Å². The van der Waals surface area contributed by atoms with E-state index >= 15 is 0 Å². The normalized spacial score (nSPS) is 20.6. The van der Waals surface area contributed by atoms with E-state index in [0.29, 0.717) is 18.5 Å². The summed E-state index contributed by atoms with van der Waals surface area (Å²) in [7, 11) is 0. The highest BCUT2D eigenvalue weighted by Crippen LogP contribution is 2.22. The molecule has 1 aliphatic rings. The third-order valence-corrected chi connectivity index (χ3v) is 3.27. The molecule has 0 saturated carbocycles. The zero-order valence-corrected chi connectivity index (χ0v) is 12.7. The van der Waals surface area contributed by atoms with Crippen molar-refractivity contribution in [2.45, 2.75) is 59.0 Å². The highest BCUT2D eigenvalue weighted by atomic mass is 16.2. The number of nitrogens with one attached hydrogen (secondary N) is 2. The smallest absolute Gasteiger partial charge is 0.321 e. The molecule has 1 rings (SSSR count). The first-order valence-electron chi connectivity index (χ1n) is 7.05. The lowest BCUT2D eigenvalue weighted by molar-refractivity contribution is -0.121. The second-order valence-electron chi connectivity index (χ2n) is 6.68. The SMILES string of the molecule is CC(C)C1CCCN1CC(=O)NC(=O)NC(C)(C)C. The molecule has 2 N–H and O–H groups in total. The van der Waals surface area contributed by atoms with Gasteiger partial charge in [-0.05, 0) is 46.1 Å². The van der Waals surface area contributed by atoms with Crippen molar-refractivity contribution < 1.29 is 9.59 Å². The van der Waals surface area contributed by atoms with Crippen LogP contribution in [-0.4, -0.2) is 41.5 Å². The third-order valence-electron chi connectivity index (χ3n) is 3.27. The van der Waals surface area contributed by atoms with E-state index in [9.17, 15) is 9.59 Å². The molecule has 1 heterocycles. The number of likely N-dealkylation sites (tertiary alicyclic amines) is 1. The average molecular weight is 269 g/mol. The minimum Gasteiger partial charge on any atom is -0.333 e. The molecule has 19 heavy (non-hydrogen) atoms. The minimum atomic E-state index is -0.419. The predicted molar refractivity (Wildman–Crippen MR) is 75.9 cm³/mol. The molecule has 1 aliphatic heterocycles. The molecule has 1 saturated heterocycles. The number of carbonyl (C=O) groups is 2. The molecule has 0 aliphatic carbocycles. The summed E-state index contributed by atoms with van der Waals surface area (Å²) in [5.74, 6) is 0.313. The summed E-state index contributed by atoms with van der Waals surface area (Å²) >= 11 is 0. The Morgan fingerprint density at radius 1 is 1.32 bits per heavy atom. The highest BCUT2D eigenvalue weighted by Gasteiger charge is 2.28. The van der Waals surface area contributed by atoms with Crippen molar-refractivity contribution >= 4 is 11.9 Å². The highest BCUT2D eigenvalue weighted by molar-refractivity contribution is 5.95. The van der Waals surface area contributed by atoms with Crippen LogP contribution >= 0.6 is 0 Å². The predicted octanol–water partition coefficient (Wildman–Crippen LogP) is 1.73. The lowest BCUT2D eigenvalue weighted by Gasteiger charge is -2.27. The van der Waals surface area contributed by atoms with Gasteiger partial charge in [0.1, 0.15) is 0 Å². The summed E-state index contributed by atoms with van der Waals surface area (Å²) in [6.07, 6.45) is 2.27. The molecule has 0 aromatic carbocycles. The maximum atomic E-state index is 11.8. The first-order chi connectivity index (χ1) is 8.69. The molecule has 0 aromatic rings. The first kappa shape index (κ1) is 16.0. The molecule has 1 unspecified atom stereocenters. The van der Waals surface area contributed by atoms with E-state index < -0.39 is 6.03 Å². The van der Waals surface area contributed by atoms with Crippen molar-refractivity contribution in [3.63, 3.8) is 0 Å². The molecule has 0 aromatic heterocycles. The summed E-state index contributed by atoms with van der Waals surface area (Å²) in [4.78, 5) is 25.6. The van der Waals surface area contributed by atoms with Crippen LogP contribution in [0.25, 0.3) is 0 Å². The van der Waals surface area contributed by atoms with Gasteiger partial charge >= 0.3 is 6.03 Å². The van der Waals surface area contributed by atoms with E-state index in [4.69, 9.17) is 0 Å². The van der Waals surface area contributed by atoms with Crippen LogP contribution in [0.3, 0.4) is 0 Å². The lowest BCUT2D eigenvalue weighted by atomic mass is 10.0. The summed E-state index contributed by atoms with van der Waals surface area (Å²) in [5, 5.41) is 5.11. The topological polar surface area (TPSA) is 61.4 Å². The van der Waals surface area contributed by atoms with Crippen LogP contribution in [0, 0.1) is 5.92 Å². The van der Waals surface area contributed by atoms with Crippen molar-refractivity contribution in [3.05, 3.63) is 0 Å². The minimum absolute atomic E-state index is 0.227. The first-order valence-corrected chi connectivity index (χ1v) is 7.05. The summed E-state index contributed by atoms with van der Waals surface area (Å²) in [5.41, 5.74) is -0.335. The van der Waals surface area contributed by atoms with Gasteiger partial charge in [0.2, 0.25) is 5.91 Å². The van der Waals surface area contributed by atoms with Gasteiger partial charge in [-0.3, -0.25) is 15.0 Å². The molecule has 110 valence electrons. The van der Waals surface area contributed by atoms with Gasteiger partial charge < -0.3 is 5.32 Å². The maximum Gasteiger partial charge on any atom is 0.321 e. The monoisotopic (exact) mass is 269 g/mol. The van der Waals surface area contributed by atoms with Crippen LogP contribution in [0.5, 0.6) is 0 Å². The molecule has 1 fully saturated rings. The van der Waals surface area contributed by atoms with E-state index in [1.165, 1.54) is 0 Å². The lowest BCUT2D eigenvalue weighted by Crippen LogP contribution is -2.51. The van der Waals surface area contributed by atoms with Gasteiger partial charge in [-0.25, -0.2) is 4.79 Å². The number of hydrogen-bond donors (Lipinski definition) is 2. The van der Waals surface area contributed by atoms with Crippen molar-refractivity contribution in [3.8, 4) is 0 Å². The largest absolute Gasteiger partial charge is 0.333 e. The molecular formula is C14H27N3O2. The molecule has 3 amide bonds. The van der Waals surface area contributed by atoms with Gasteiger partial charge in [-0.2, -0.15) is 0 Å². The van der Waals surface area contributed by atoms with Crippen LogP contribution < -0.4 is 10.6 Å². The number of imide groups is 1. The molecule has 0 spiro atoms. The maximum absolute atomic E-state index is 11.8. The van der Waals surface area contributed by atoms with Crippen molar-refractivity contribution in [1.29, 1.82) is 0 Å². The van der Waals surface area contributed by atoms with Gasteiger partial charge in [0.05, 0.1) is 6.54 Å². The van der Waals surface area contributed by atoms with Gasteiger partial charge in [-0.1, -0.05) is 13.8 Å². The van der Waals surface area contributed by atoms with Crippen LogP contribution in [0.4, 0.5) is 4.79 Å². The Morgan fingerprint density at radius 3 is 2.47 bits per heavy atom. The van der Waals surface area contributed by atoms with Crippen LogP contribution in [-0.2, 0) is 4.79 Å². The quantitative estimate of drug-likeness (QED) is 0.820. The number of rotatable bonds is 3. The van der Waals surface area contributed by atoms with Gasteiger partial charge in [0, 0.05) is 11.6 Å².